The zero-order valence-electron chi connectivity index (χ0n) is 13.9. The fourth-order valence-corrected chi connectivity index (χ4v) is 6.95. The van der Waals surface area contributed by atoms with Crippen LogP contribution in [0.2, 0.25) is 0 Å². The highest BCUT2D eigenvalue weighted by molar-refractivity contribution is 5.85. The third kappa shape index (κ3) is 2.16. The third-order valence-electron chi connectivity index (χ3n) is 7.57. The van der Waals surface area contributed by atoms with Crippen LogP contribution >= 0.6 is 12.4 Å². The van der Waals surface area contributed by atoms with Crippen LogP contribution in [-0.4, -0.2) is 40.1 Å². The van der Waals surface area contributed by atoms with Crippen molar-refractivity contribution in [1.82, 2.24) is 4.90 Å². The van der Waals surface area contributed by atoms with Crippen LogP contribution in [-0.2, 0) is 4.79 Å². The van der Waals surface area contributed by atoms with Gasteiger partial charge in [-0.1, -0.05) is 0 Å². The molecule has 6 atom stereocenters. The molecule has 5 nitrogen and oxygen atoms in total. The Labute approximate surface area is 149 Å². The maximum absolute atomic E-state index is 13.1. The summed E-state index contributed by atoms with van der Waals surface area (Å²) in [6.07, 6.45) is 6.71. The van der Waals surface area contributed by atoms with E-state index in [1.54, 1.807) is 4.90 Å². The van der Waals surface area contributed by atoms with Crippen LogP contribution in [0.25, 0.3) is 0 Å². The first kappa shape index (κ1) is 16.6. The maximum Gasteiger partial charge on any atom is 0.241 e. The van der Waals surface area contributed by atoms with Crippen molar-refractivity contribution in [3.8, 4) is 6.07 Å². The molecule has 1 aliphatic heterocycles. The molecule has 0 spiro atoms. The molecule has 132 valence electrons. The lowest BCUT2D eigenvalue weighted by molar-refractivity contribution is -0.177. The number of nitrogens with two attached hydrogens (primary N) is 1. The quantitative estimate of drug-likeness (QED) is 0.787. The molecule has 4 bridgehead atoms. The molecule has 3 N–H and O–H groups in total. The number of amides is 1. The van der Waals surface area contributed by atoms with E-state index in [2.05, 4.69) is 6.07 Å². The van der Waals surface area contributed by atoms with Gasteiger partial charge in [0.1, 0.15) is 6.04 Å². The normalized spacial score (nSPS) is 51.5. The van der Waals surface area contributed by atoms with Crippen molar-refractivity contribution < 1.29 is 9.90 Å². The minimum atomic E-state index is -0.593. The molecule has 6 fully saturated rings. The summed E-state index contributed by atoms with van der Waals surface area (Å²) in [5, 5.41) is 20.3. The molecule has 5 saturated carbocycles. The molecule has 0 radical (unpaired) electrons. The lowest BCUT2D eigenvalue weighted by Crippen LogP contribution is -2.64. The number of piperidine rings is 1. The van der Waals surface area contributed by atoms with Crippen LogP contribution in [0, 0.1) is 40.4 Å². The molecule has 0 aromatic carbocycles. The van der Waals surface area contributed by atoms with Gasteiger partial charge >= 0.3 is 0 Å². The molecule has 3 unspecified atom stereocenters. The molecule has 0 aromatic rings. The summed E-state index contributed by atoms with van der Waals surface area (Å²) >= 11 is 0. The Bertz CT molecular complexity index is 604. The zero-order valence-corrected chi connectivity index (χ0v) is 14.7. The molecule has 0 aromatic heterocycles. The van der Waals surface area contributed by atoms with E-state index < -0.39 is 11.6 Å². The molecule has 6 heteroatoms. The number of fused-ring (bicyclic) bond motifs is 1. The van der Waals surface area contributed by atoms with Crippen molar-refractivity contribution in [2.45, 2.75) is 62.6 Å². The molecule has 24 heavy (non-hydrogen) atoms. The van der Waals surface area contributed by atoms with Gasteiger partial charge in [0.25, 0.3) is 0 Å². The number of halogens is 1. The van der Waals surface area contributed by atoms with Gasteiger partial charge < -0.3 is 15.7 Å². The summed E-state index contributed by atoms with van der Waals surface area (Å²) in [6, 6.07) is 1.51. The minimum absolute atomic E-state index is 0. The first-order valence-corrected chi connectivity index (χ1v) is 9.11. The maximum atomic E-state index is 13.1. The fraction of sp³-hybridized carbons (Fsp3) is 0.889. The number of rotatable bonds is 2. The number of nitrogens with zero attached hydrogens (tertiary/aromatic N) is 2. The van der Waals surface area contributed by atoms with Crippen LogP contribution in [0.15, 0.2) is 0 Å². The van der Waals surface area contributed by atoms with Crippen LogP contribution < -0.4 is 5.73 Å². The van der Waals surface area contributed by atoms with Crippen molar-refractivity contribution in [3.63, 3.8) is 0 Å². The van der Waals surface area contributed by atoms with Crippen LogP contribution in [0.3, 0.4) is 0 Å². The van der Waals surface area contributed by atoms with Crippen molar-refractivity contribution in [2.24, 2.45) is 34.8 Å². The Hall–Kier alpha value is -0.830. The van der Waals surface area contributed by atoms with Gasteiger partial charge in [-0.3, -0.25) is 4.79 Å². The predicted octanol–water partition coefficient (Wildman–Crippen LogP) is 1.44. The van der Waals surface area contributed by atoms with E-state index in [1.807, 2.05) is 0 Å². The van der Waals surface area contributed by atoms with Gasteiger partial charge in [0.2, 0.25) is 5.91 Å². The highest BCUT2D eigenvalue weighted by Gasteiger charge is 2.62. The molecule has 5 aliphatic carbocycles. The Morgan fingerprint density at radius 3 is 2.50 bits per heavy atom. The summed E-state index contributed by atoms with van der Waals surface area (Å²) in [6.45, 7) is 0.711. The van der Waals surface area contributed by atoms with E-state index in [0.29, 0.717) is 36.6 Å². The second-order valence-corrected chi connectivity index (χ2v) is 9.25. The summed E-state index contributed by atoms with van der Waals surface area (Å²) in [7, 11) is 0. The first-order valence-electron chi connectivity index (χ1n) is 9.11. The van der Waals surface area contributed by atoms with Gasteiger partial charge in [0.15, 0.2) is 0 Å². The fourth-order valence-electron chi connectivity index (χ4n) is 6.95. The average Bonchev–Trinajstić information content (AvgIpc) is 3.14. The van der Waals surface area contributed by atoms with Gasteiger partial charge in [-0.2, -0.15) is 5.26 Å². The van der Waals surface area contributed by atoms with Gasteiger partial charge in [0.05, 0.1) is 17.7 Å². The SMILES string of the molecule is Cl.N#C[C@@H]1[C@@H]2C[C@@H]2CN1C(=O)C(N)C12CC3CC(CC(O)(C3)C1)C2. The number of likely N-dealkylation sites (tertiary alicyclic amines) is 1. The first-order chi connectivity index (χ1) is 10.9. The second-order valence-electron chi connectivity index (χ2n) is 9.25. The van der Waals surface area contributed by atoms with Crippen LogP contribution in [0.1, 0.15) is 44.9 Å². The number of hydrogen-bond donors (Lipinski definition) is 2. The Morgan fingerprint density at radius 2 is 1.92 bits per heavy atom. The van der Waals surface area contributed by atoms with Crippen LogP contribution in [0.4, 0.5) is 0 Å². The van der Waals surface area contributed by atoms with E-state index in [4.69, 9.17) is 5.73 Å². The molecular weight excluding hydrogens is 326 g/mol. The Morgan fingerprint density at radius 1 is 1.25 bits per heavy atom. The lowest BCUT2D eigenvalue weighted by Gasteiger charge is -2.61. The standard InChI is InChI=1S/C18H25N3O2.ClH/c19-7-14-13-2-12(13)8-21(14)16(22)15(20)17-3-10-1-11(4-17)6-18(23,5-10)9-17;/h10-15,23H,1-6,8-9,20H2;1H/t10?,11?,12-,13-,14-,15?,17?,18?;/m1./s1. The van der Waals surface area contributed by atoms with Crippen molar-refractivity contribution in [3.05, 3.63) is 0 Å². The Balaban J connectivity index is 0.00000146. The molecule has 1 heterocycles. The summed E-state index contributed by atoms with van der Waals surface area (Å²) in [5.74, 6) is 1.93. The number of aliphatic hydroxyl groups is 1. The molecule has 1 amide bonds. The van der Waals surface area contributed by atoms with Gasteiger partial charge in [0, 0.05) is 6.54 Å². The third-order valence-corrected chi connectivity index (χ3v) is 7.57. The lowest BCUT2D eigenvalue weighted by atomic mass is 9.46. The summed E-state index contributed by atoms with van der Waals surface area (Å²) in [5.41, 5.74) is 5.69. The van der Waals surface area contributed by atoms with E-state index >= 15 is 0 Å². The van der Waals surface area contributed by atoms with Crippen molar-refractivity contribution >= 4 is 18.3 Å². The van der Waals surface area contributed by atoms with E-state index in [0.717, 1.165) is 32.1 Å². The highest BCUT2D eigenvalue weighted by atomic mass is 35.5. The minimum Gasteiger partial charge on any atom is -0.390 e. The smallest absolute Gasteiger partial charge is 0.241 e. The molecular formula is C18H26ClN3O2. The topological polar surface area (TPSA) is 90.4 Å². The largest absolute Gasteiger partial charge is 0.390 e. The van der Waals surface area contributed by atoms with Crippen molar-refractivity contribution in [1.29, 1.82) is 5.26 Å². The summed E-state index contributed by atoms with van der Waals surface area (Å²) in [4.78, 5) is 14.8. The monoisotopic (exact) mass is 351 g/mol. The van der Waals surface area contributed by atoms with Gasteiger partial charge in [-0.15, -0.1) is 12.4 Å². The number of nitriles is 1. The number of hydrogen-bond acceptors (Lipinski definition) is 4. The average molecular weight is 352 g/mol. The van der Waals surface area contributed by atoms with Gasteiger partial charge in [-0.25, -0.2) is 0 Å². The molecule has 6 aliphatic rings. The van der Waals surface area contributed by atoms with Crippen LogP contribution in [0.5, 0.6) is 0 Å². The van der Waals surface area contributed by atoms with E-state index in [1.165, 1.54) is 6.42 Å². The second kappa shape index (κ2) is 5.09. The van der Waals surface area contributed by atoms with Gasteiger partial charge in [-0.05, 0) is 74.0 Å². The highest BCUT2D eigenvalue weighted by Crippen LogP contribution is 2.63. The summed E-state index contributed by atoms with van der Waals surface area (Å²) < 4.78 is 0. The van der Waals surface area contributed by atoms with E-state index in [9.17, 15) is 15.2 Å². The number of carbonyl (C=O) groups is 1. The van der Waals surface area contributed by atoms with E-state index in [-0.39, 0.29) is 29.8 Å². The van der Waals surface area contributed by atoms with Crippen molar-refractivity contribution in [2.75, 3.05) is 6.54 Å². The molecule has 6 rings (SSSR count). The zero-order chi connectivity index (χ0) is 16.0. The molecule has 1 saturated heterocycles. The Kier molecular flexibility index (Phi) is 3.53. The number of carbonyl (C=O) groups excluding carboxylic acids is 1. The predicted molar refractivity (Wildman–Crippen MR) is 90.0 cm³/mol.